The molecule has 7 nitrogen and oxygen atoms in total. The number of alkyl halides is 3. The van der Waals surface area contributed by atoms with Crippen LogP contribution in [0.15, 0.2) is 36.4 Å². The molecule has 1 aliphatic rings. The Morgan fingerprint density at radius 2 is 1.63 bits per heavy atom. The first-order valence-corrected chi connectivity index (χ1v) is 11.7. The average Bonchev–Trinajstić information content (AvgIpc) is 2.86. The van der Waals surface area contributed by atoms with Crippen molar-refractivity contribution in [1.82, 2.24) is 15.5 Å². The quantitative estimate of drug-likeness (QED) is 0.335. The van der Waals surface area contributed by atoms with Gasteiger partial charge in [0.15, 0.2) is 17.5 Å². The Hall–Kier alpha value is -3.48. The van der Waals surface area contributed by atoms with Gasteiger partial charge in [0.25, 0.3) is 0 Å². The number of hydrogen-bond donors (Lipinski definition) is 3. The summed E-state index contributed by atoms with van der Waals surface area (Å²) in [6, 6.07) is 8.96. The van der Waals surface area contributed by atoms with E-state index in [0.717, 1.165) is 30.5 Å². The lowest BCUT2D eigenvalue weighted by Crippen LogP contribution is -2.49. The molecule has 0 unspecified atom stereocenters. The van der Waals surface area contributed by atoms with Crippen LogP contribution in [-0.4, -0.2) is 53.4 Å². The highest BCUT2D eigenvalue weighted by Gasteiger charge is 2.38. The maximum atomic E-state index is 14.2. The minimum Gasteiger partial charge on any atom is -0.491 e. The predicted octanol–water partition coefficient (Wildman–Crippen LogP) is 4.99. The molecule has 1 saturated heterocycles. The average molecular weight is 550 g/mol. The van der Waals surface area contributed by atoms with E-state index in [0.29, 0.717) is 12.8 Å². The number of amides is 2. The molecule has 0 aromatic heterocycles. The van der Waals surface area contributed by atoms with Gasteiger partial charge in [0.05, 0.1) is 12.6 Å². The molecule has 3 rings (SSSR count). The molecule has 1 heterocycles. The van der Waals surface area contributed by atoms with Crippen molar-refractivity contribution in [2.45, 2.75) is 58.1 Å². The molecule has 13 heteroatoms. The third-order valence-electron chi connectivity index (χ3n) is 5.45. The number of carbonyl (C=O) groups excluding carboxylic acids is 1. The van der Waals surface area contributed by atoms with Crippen LogP contribution < -0.4 is 15.4 Å². The molecule has 0 aliphatic carbocycles. The zero-order valence-electron chi connectivity index (χ0n) is 20.7. The summed E-state index contributed by atoms with van der Waals surface area (Å²) in [7, 11) is 0. The first-order chi connectivity index (χ1) is 17.8. The molecule has 210 valence electrons. The highest BCUT2D eigenvalue weighted by atomic mass is 19.4. The number of carbonyl (C=O) groups is 2. The van der Waals surface area contributed by atoms with E-state index in [9.17, 15) is 31.1 Å². The number of ether oxygens (including phenoxy) is 1. The van der Waals surface area contributed by atoms with Crippen LogP contribution in [0.2, 0.25) is 0 Å². The second-order valence-electron chi connectivity index (χ2n) is 8.72. The summed E-state index contributed by atoms with van der Waals surface area (Å²) in [6.45, 7) is 5.49. The molecule has 0 atom stereocenters. The Morgan fingerprint density at radius 3 is 2.16 bits per heavy atom. The fraction of sp³-hybridized carbons (Fsp3) is 0.440. The van der Waals surface area contributed by atoms with Crippen molar-refractivity contribution in [3.8, 4) is 5.75 Å². The number of piperidine rings is 1. The van der Waals surface area contributed by atoms with E-state index in [1.54, 1.807) is 0 Å². The number of hydrogen-bond acceptors (Lipinski definition) is 4. The zero-order valence-corrected chi connectivity index (χ0v) is 20.7. The minimum atomic E-state index is -5.08. The maximum Gasteiger partial charge on any atom is 0.490 e. The summed E-state index contributed by atoms with van der Waals surface area (Å²) < 4.78 is 78.6. The van der Waals surface area contributed by atoms with Crippen molar-refractivity contribution in [1.29, 1.82) is 0 Å². The number of halogens is 6. The van der Waals surface area contributed by atoms with E-state index in [-0.39, 0.29) is 36.8 Å². The van der Waals surface area contributed by atoms with Crippen molar-refractivity contribution in [2.75, 3.05) is 13.1 Å². The third kappa shape index (κ3) is 9.43. The molecule has 1 aliphatic heterocycles. The lowest BCUT2D eigenvalue weighted by atomic mass is 10.0. The number of nitrogens with zero attached hydrogens (tertiary/aromatic N) is 1. The minimum absolute atomic E-state index is 0.0530. The first kappa shape index (κ1) is 30.7. The van der Waals surface area contributed by atoms with E-state index in [4.69, 9.17) is 14.6 Å². The van der Waals surface area contributed by atoms with Crippen molar-refractivity contribution >= 4 is 12.0 Å². The van der Waals surface area contributed by atoms with Gasteiger partial charge in [-0.15, -0.1) is 0 Å². The third-order valence-corrected chi connectivity index (χ3v) is 5.45. The highest BCUT2D eigenvalue weighted by molar-refractivity contribution is 5.74. The molecule has 0 bridgehead atoms. The number of benzene rings is 2. The molecule has 2 amide bonds. The lowest BCUT2D eigenvalue weighted by Gasteiger charge is -2.35. The summed E-state index contributed by atoms with van der Waals surface area (Å²) in [4.78, 5) is 23.4. The number of carboxylic acids is 1. The van der Waals surface area contributed by atoms with E-state index in [2.05, 4.69) is 10.6 Å². The molecule has 1 fully saturated rings. The van der Waals surface area contributed by atoms with E-state index < -0.39 is 29.6 Å². The van der Waals surface area contributed by atoms with Gasteiger partial charge >= 0.3 is 18.2 Å². The first-order valence-electron chi connectivity index (χ1n) is 11.7. The van der Waals surface area contributed by atoms with Crippen molar-refractivity contribution in [3.05, 3.63) is 65.0 Å². The normalized spacial score (nSPS) is 13.9. The molecular formula is C25H29F6N3O4. The van der Waals surface area contributed by atoms with Gasteiger partial charge in [-0.3, -0.25) is 0 Å². The van der Waals surface area contributed by atoms with Crippen LogP contribution in [0.4, 0.5) is 31.1 Å². The molecule has 0 saturated carbocycles. The molecular weight excluding hydrogens is 520 g/mol. The number of rotatable bonds is 7. The Balaban J connectivity index is 0.000000638. The second kappa shape index (κ2) is 13.9. The molecule has 3 N–H and O–H groups in total. The van der Waals surface area contributed by atoms with Crippen molar-refractivity contribution < 1.29 is 45.8 Å². The molecule has 2 aromatic carbocycles. The fourth-order valence-corrected chi connectivity index (χ4v) is 3.59. The topological polar surface area (TPSA) is 90.9 Å². The monoisotopic (exact) mass is 549 g/mol. The standard InChI is InChI=1S/C23H28F3N3O2.C2HF3O2/c1-15(2)31-19-6-3-16(4-7-19)13-28-23(30)29(18-9-11-27-12-10-18)14-17-5-8-20(24)22(26)21(17)25;3-2(4,5)1(6)7/h3-8,15,18,27H,9-14H2,1-2H3,(H,28,30);(H,6,7). The number of urea groups is 1. The summed E-state index contributed by atoms with van der Waals surface area (Å²) in [5, 5.41) is 13.2. The van der Waals surface area contributed by atoms with Crippen molar-refractivity contribution in [2.24, 2.45) is 0 Å². The smallest absolute Gasteiger partial charge is 0.490 e. The molecule has 0 radical (unpaired) electrons. The van der Waals surface area contributed by atoms with E-state index in [1.165, 1.54) is 11.0 Å². The number of carboxylic acid groups (broad SMARTS) is 1. The SMILES string of the molecule is CC(C)Oc1ccc(CNC(=O)N(Cc2ccc(F)c(F)c2F)C2CCNCC2)cc1.O=C(O)C(F)(F)F. The van der Waals surface area contributed by atoms with Gasteiger partial charge in [-0.25, -0.2) is 22.8 Å². The van der Waals surface area contributed by atoms with Gasteiger partial charge in [0.1, 0.15) is 5.75 Å². The van der Waals surface area contributed by atoms with E-state index >= 15 is 0 Å². The highest BCUT2D eigenvalue weighted by Crippen LogP contribution is 2.21. The number of aliphatic carboxylic acids is 1. The van der Waals surface area contributed by atoms with Gasteiger partial charge < -0.3 is 25.4 Å². The number of nitrogens with one attached hydrogen (secondary N) is 2. The van der Waals surface area contributed by atoms with Crippen LogP contribution in [0.25, 0.3) is 0 Å². The van der Waals surface area contributed by atoms with Gasteiger partial charge in [0, 0.05) is 18.2 Å². The lowest BCUT2D eigenvalue weighted by molar-refractivity contribution is -0.192. The van der Waals surface area contributed by atoms with Gasteiger partial charge in [0.2, 0.25) is 0 Å². The molecule has 38 heavy (non-hydrogen) atoms. The summed E-state index contributed by atoms with van der Waals surface area (Å²) in [5.74, 6) is -6.04. The Morgan fingerprint density at radius 1 is 1.05 bits per heavy atom. The predicted molar refractivity (Wildman–Crippen MR) is 126 cm³/mol. The largest absolute Gasteiger partial charge is 0.491 e. The molecule has 0 spiro atoms. The van der Waals surface area contributed by atoms with Crippen LogP contribution in [0.1, 0.15) is 37.8 Å². The van der Waals surface area contributed by atoms with Crippen LogP contribution in [0, 0.1) is 17.5 Å². The summed E-state index contributed by atoms with van der Waals surface area (Å²) in [6.07, 6.45) is -3.62. The zero-order chi connectivity index (χ0) is 28.5. The maximum absolute atomic E-state index is 14.2. The van der Waals surface area contributed by atoms with Crippen LogP contribution in [0.5, 0.6) is 5.75 Å². The van der Waals surface area contributed by atoms with Crippen LogP contribution in [-0.2, 0) is 17.9 Å². The fourth-order valence-electron chi connectivity index (χ4n) is 3.59. The van der Waals surface area contributed by atoms with Crippen LogP contribution >= 0.6 is 0 Å². The van der Waals surface area contributed by atoms with E-state index in [1.807, 2.05) is 38.1 Å². The van der Waals surface area contributed by atoms with Gasteiger partial charge in [-0.2, -0.15) is 13.2 Å². The molecule has 2 aromatic rings. The van der Waals surface area contributed by atoms with Gasteiger partial charge in [-0.05, 0) is 63.5 Å². The van der Waals surface area contributed by atoms with Crippen LogP contribution in [0.3, 0.4) is 0 Å². The summed E-state index contributed by atoms with van der Waals surface area (Å²) in [5.41, 5.74) is 0.830. The van der Waals surface area contributed by atoms with Gasteiger partial charge in [-0.1, -0.05) is 18.2 Å². The summed E-state index contributed by atoms with van der Waals surface area (Å²) >= 11 is 0. The van der Waals surface area contributed by atoms with Crippen molar-refractivity contribution in [3.63, 3.8) is 0 Å². The Kier molecular flexibility index (Phi) is 11.2. The second-order valence-corrected chi connectivity index (χ2v) is 8.72. The Labute approximate surface area is 215 Å². The Bertz CT molecular complexity index is 1070.